The molecule has 0 saturated heterocycles. The molecule has 0 fully saturated rings. The van der Waals surface area contributed by atoms with Crippen molar-refractivity contribution >= 4 is 51.5 Å². The van der Waals surface area contributed by atoms with Gasteiger partial charge >= 0.3 is 0 Å². The van der Waals surface area contributed by atoms with E-state index in [-0.39, 0.29) is 40.3 Å². The van der Waals surface area contributed by atoms with Crippen molar-refractivity contribution in [3.05, 3.63) is 28.2 Å². The average Bonchev–Trinajstić information content (AvgIpc) is 2.44. The number of hydrogen-bond acceptors (Lipinski definition) is 4. The third kappa shape index (κ3) is 7.04. The fourth-order valence-electron chi connectivity index (χ4n) is 1.50. The molecule has 0 spiro atoms. The molecule has 12 heteroatoms. The zero-order chi connectivity index (χ0) is 17.7. The van der Waals surface area contributed by atoms with E-state index in [9.17, 15) is 22.0 Å². The zero-order valence-electron chi connectivity index (χ0n) is 12.2. The van der Waals surface area contributed by atoms with Crippen LogP contribution in [0.3, 0.4) is 0 Å². The largest absolute Gasteiger partial charge is 0.350 e. The Morgan fingerprint density at radius 1 is 1.25 bits per heavy atom. The van der Waals surface area contributed by atoms with Crippen molar-refractivity contribution in [1.29, 1.82) is 0 Å². The molecule has 0 aliphatic rings. The molecule has 6 nitrogen and oxygen atoms in total. The van der Waals surface area contributed by atoms with Gasteiger partial charge in [-0.1, -0.05) is 29.3 Å². The molecule has 0 saturated carbocycles. The van der Waals surface area contributed by atoms with E-state index in [1.807, 2.05) is 5.32 Å². The maximum absolute atomic E-state index is 12.9. The second-order valence-corrected chi connectivity index (χ2v) is 7.05. The minimum Gasteiger partial charge on any atom is -0.350 e. The number of hydrogen-bond donors (Lipinski definition) is 3. The molecule has 1 aromatic carbocycles. The molecule has 0 bridgehead atoms. The predicted octanol–water partition coefficient (Wildman–Crippen LogP) is 1.79. The molecule has 0 aliphatic heterocycles. The van der Waals surface area contributed by atoms with Gasteiger partial charge in [0.15, 0.2) is 0 Å². The standard InChI is InChI=1S/C12H15Cl2F2N3O3S.ClH/c13-8-2-1-3-9(14)11(8)23(21,22)19-5-4-10(20)18-7-12(15,16)6-17;/h1-3,19H,4-7,17H2,(H,18,20);1H. The number of sulfonamides is 1. The lowest BCUT2D eigenvalue weighted by molar-refractivity contribution is -0.122. The summed E-state index contributed by atoms with van der Waals surface area (Å²) in [6.45, 7) is -2.11. The van der Waals surface area contributed by atoms with Crippen molar-refractivity contribution in [2.45, 2.75) is 17.2 Å². The highest BCUT2D eigenvalue weighted by Gasteiger charge is 2.27. The summed E-state index contributed by atoms with van der Waals surface area (Å²) in [4.78, 5) is 11.1. The number of carbonyl (C=O) groups excluding carboxylic acids is 1. The van der Waals surface area contributed by atoms with Crippen LogP contribution in [0.4, 0.5) is 8.78 Å². The van der Waals surface area contributed by atoms with Crippen LogP contribution in [0.1, 0.15) is 6.42 Å². The first kappa shape index (κ1) is 23.3. The SMILES string of the molecule is Cl.NCC(F)(F)CNC(=O)CCNS(=O)(=O)c1c(Cl)cccc1Cl. The molecule has 1 aromatic rings. The molecule has 4 N–H and O–H groups in total. The molecule has 0 aromatic heterocycles. The van der Waals surface area contributed by atoms with E-state index in [4.69, 9.17) is 28.9 Å². The van der Waals surface area contributed by atoms with Crippen molar-refractivity contribution in [2.24, 2.45) is 5.73 Å². The molecule has 24 heavy (non-hydrogen) atoms. The highest BCUT2D eigenvalue weighted by atomic mass is 35.5. The van der Waals surface area contributed by atoms with E-state index in [0.29, 0.717) is 0 Å². The van der Waals surface area contributed by atoms with Gasteiger partial charge in [0.1, 0.15) is 4.90 Å². The first-order valence-electron chi connectivity index (χ1n) is 6.37. The summed E-state index contributed by atoms with van der Waals surface area (Å²) in [5, 5.41) is 1.82. The molecule has 0 radical (unpaired) electrons. The highest BCUT2D eigenvalue weighted by molar-refractivity contribution is 7.89. The third-order valence-corrected chi connectivity index (χ3v) is 5.09. The first-order chi connectivity index (χ1) is 10.6. The van der Waals surface area contributed by atoms with Crippen LogP contribution in [0.2, 0.25) is 10.0 Å². The normalized spacial score (nSPS) is 11.7. The fraction of sp³-hybridized carbons (Fsp3) is 0.417. The summed E-state index contributed by atoms with van der Waals surface area (Å²) in [7, 11) is -4.03. The number of nitrogens with one attached hydrogen (secondary N) is 2. The monoisotopic (exact) mass is 425 g/mol. The molecule has 0 atom stereocenters. The van der Waals surface area contributed by atoms with Crippen molar-refractivity contribution < 1.29 is 22.0 Å². The smallest absolute Gasteiger partial charge is 0.277 e. The van der Waals surface area contributed by atoms with Crippen molar-refractivity contribution in [1.82, 2.24) is 10.0 Å². The highest BCUT2D eigenvalue weighted by Crippen LogP contribution is 2.28. The first-order valence-corrected chi connectivity index (χ1v) is 8.61. The van der Waals surface area contributed by atoms with Gasteiger partial charge in [-0.2, -0.15) is 0 Å². The molecule has 138 valence electrons. The third-order valence-electron chi connectivity index (χ3n) is 2.67. The van der Waals surface area contributed by atoms with E-state index >= 15 is 0 Å². The molecule has 1 amide bonds. The lowest BCUT2D eigenvalue weighted by Gasteiger charge is -2.14. The molecular weight excluding hydrogens is 411 g/mol. The number of halogens is 5. The number of alkyl halides is 2. The minimum atomic E-state index is -4.03. The van der Waals surface area contributed by atoms with Crippen LogP contribution in [0.15, 0.2) is 23.1 Å². The summed E-state index contributed by atoms with van der Waals surface area (Å²) in [6, 6.07) is 4.18. The van der Waals surface area contributed by atoms with Crippen LogP contribution in [-0.2, 0) is 14.8 Å². The van der Waals surface area contributed by atoms with Gasteiger partial charge < -0.3 is 11.1 Å². The number of rotatable bonds is 8. The van der Waals surface area contributed by atoms with E-state index in [1.165, 1.54) is 18.2 Å². The summed E-state index contributed by atoms with van der Waals surface area (Å²) >= 11 is 11.6. The van der Waals surface area contributed by atoms with Gasteiger partial charge in [-0.25, -0.2) is 21.9 Å². The average molecular weight is 427 g/mol. The van der Waals surface area contributed by atoms with Gasteiger partial charge in [0, 0.05) is 13.0 Å². The fourth-order valence-corrected chi connectivity index (χ4v) is 3.67. The lowest BCUT2D eigenvalue weighted by atomic mass is 10.3. The zero-order valence-corrected chi connectivity index (χ0v) is 15.3. The van der Waals surface area contributed by atoms with Crippen LogP contribution in [0.25, 0.3) is 0 Å². The second-order valence-electron chi connectivity index (χ2n) is 4.54. The van der Waals surface area contributed by atoms with E-state index < -0.39 is 34.9 Å². The maximum Gasteiger partial charge on any atom is 0.277 e. The van der Waals surface area contributed by atoms with Crippen molar-refractivity contribution in [2.75, 3.05) is 19.6 Å². The van der Waals surface area contributed by atoms with Crippen LogP contribution in [-0.4, -0.2) is 39.9 Å². The van der Waals surface area contributed by atoms with Gasteiger partial charge in [0.25, 0.3) is 5.92 Å². The van der Waals surface area contributed by atoms with Crippen LogP contribution < -0.4 is 15.8 Å². The van der Waals surface area contributed by atoms with Crippen LogP contribution in [0.5, 0.6) is 0 Å². The number of carbonyl (C=O) groups is 1. The van der Waals surface area contributed by atoms with Crippen molar-refractivity contribution in [3.8, 4) is 0 Å². The Labute approximate surface area is 154 Å². The number of nitrogens with two attached hydrogens (primary N) is 1. The predicted molar refractivity (Wildman–Crippen MR) is 90.5 cm³/mol. The lowest BCUT2D eigenvalue weighted by Crippen LogP contribution is -2.42. The Balaban J connectivity index is 0.00000529. The van der Waals surface area contributed by atoms with E-state index in [1.54, 1.807) is 0 Å². The Kier molecular flexibility index (Phi) is 9.40. The van der Waals surface area contributed by atoms with Crippen LogP contribution >= 0.6 is 35.6 Å². The summed E-state index contributed by atoms with van der Waals surface area (Å²) in [5.41, 5.74) is 4.82. The molecule has 0 aliphatic carbocycles. The Morgan fingerprint density at radius 3 is 2.29 bits per heavy atom. The molecule has 0 heterocycles. The van der Waals surface area contributed by atoms with Gasteiger partial charge in [0.2, 0.25) is 15.9 Å². The minimum absolute atomic E-state index is 0. The Bertz CT molecular complexity index is 655. The molecular formula is C12H16Cl3F2N3O3S. The van der Waals surface area contributed by atoms with Crippen molar-refractivity contribution in [3.63, 3.8) is 0 Å². The van der Waals surface area contributed by atoms with Crippen LogP contribution in [0, 0.1) is 0 Å². The second kappa shape index (κ2) is 9.69. The van der Waals surface area contributed by atoms with Gasteiger partial charge in [0.05, 0.1) is 23.1 Å². The summed E-state index contributed by atoms with van der Waals surface area (Å²) in [5.74, 6) is -3.95. The van der Waals surface area contributed by atoms with E-state index in [2.05, 4.69) is 4.72 Å². The Morgan fingerprint density at radius 2 is 1.79 bits per heavy atom. The topological polar surface area (TPSA) is 101 Å². The maximum atomic E-state index is 12.9. The quantitative estimate of drug-likeness (QED) is 0.590. The molecule has 1 rings (SSSR count). The summed E-state index contributed by atoms with van der Waals surface area (Å²) in [6.07, 6.45) is -0.331. The Hall–Kier alpha value is -0.710. The van der Waals surface area contributed by atoms with Gasteiger partial charge in [-0.05, 0) is 12.1 Å². The van der Waals surface area contributed by atoms with E-state index in [0.717, 1.165) is 0 Å². The number of amides is 1. The molecule has 0 unspecified atom stereocenters. The number of benzene rings is 1. The van der Waals surface area contributed by atoms with Gasteiger partial charge in [-0.15, -0.1) is 12.4 Å². The summed E-state index contributed by atoms with van der Waals surface area (Å²) < 4.78 is 52.0. The van der Waals surface area contributed by atoms with Gasteiger partial charge in [-0.3, -0.25) is 4.79 Å².